The zero-order valence-electron chi connectivity index (χ0n) is 5.59. The van der Waals surface area contributed by atoms with Crippen LogP contribution in [-0.4, -0.2) is 0 Å². The van der Waals surface area contributed by atoms with E-state index >= 15 is 0 Å². The van der Waals surface area contributed by atoms with Crippen LogP contribution in [0.2, 0.25) is 0 Å². The van der Waals surface area contributed by atoms with E-state index in [9.17, 15) is 8.78 Å². The maximum absolute atomic E-state index is 11.9. The van der Waals surface area contributed by atoms with E-state index in [4.69, 9.17) is 5.26 Å². The molecular formula is C8H5F2N. The number of hydrogen-bond acceptors (Lipinski definition) is 1. The van der Waals surface area contributed by atoms with Crippen LogP contribution in [0.5, 0.6) is 0 Å². The van der Waals surface area contributed by atoms with Gasteiger partial charge in [-0.3, -0.25) is 0 Å². The van der Waals surface area contributed by atoms with E-state index in [-0.39, 0.29) is 5.56 Å². The first-order valence-corrected chi connectivity index (χ1v) is 3.02. The minimum absolute atomic E-state index is 0.0519. The maximum atomic E-state index is 11.9. The highest BCUT2D eigenvalue weighted by atomic mass is 19.3. The zero-order valence-corrected chi connectivity index (χ0v) is 5.59. The Morgan fingerprint density at radius 3 is 2.09 bits per heavy atom. The van der Waals surface area contributed by atoms with Gasteiger partial charge in [-0.25, -0.2) is 8.78 Å². The first-order valence-electron chi connectivity index (χ1n) is 3.02. The minimum atomic E-state index is -2.46. The summed E-state index contributed by atoms with van der Waals surface area (Å²) in [6, 6.07) is 7.11. The minimum Gasteiger partial charge on any atom is -0.205 e. The molecule has 56 valence electrons. The summed E-state index contributed by atoms with van der Waals surface area (Å²) < 4.78 is 23.8. The van der Waals surface area contributed by atoms with E-state index in [1.165, 1.54) is 24.3 Å². The summed E-state index contributed by atoms with van der Waals surface area (Å²) >= 11 is 0. The van der Waals surface area contributed by atoms with Crippen LogP contribution < -0.4 is 0 Å². The number of nitriles is 1. The third kappa shape index (κ3) is 1.74. The molecule has 0 unspecified atom stereocenters. The first-order chi connectivity index (χ1) is 5.24. The Balaban J connectivity index is 2.94. The Hall–Kier alpha value is -1.43. The summed E-state index contributed by atoms with van der Waals surface area (Å²) in [5, 5.41) is 8.33. The molecule has 0 amide bonds. The average molecular weight is 153 g/mol. The Bertz CT molecular complexity index is 271. The van der Waals surface area contributed by atoms with Gasteiger partial charge >= 0.3 is 0 Å². The lowest BCUT2D eigenvalue weighted by molar-refractivity contribution is 0.151. The Kier molecular flexibility index (Phi) is 2.17. The van der Waals surface area contributed by atoms with Crippen molar-refractivity contribution in [2.75, 3.05) is 0 Å². The van der Waals surface area contributed by atoms with Crippen molar-refractivity contribution < 1.29 is 8.78 Å². The molecule has 0 N–H and O–H groups in total. The molecule has 0 bridgehead atoms. The molecule has 0 aliphatic heterocycles. The molecule has 1 nitrogen and oxygen atoms in total. The lowest BCUT2D eigenvalue weighted by atomic mass is 10.1. The fourth-order valence-corrected chi connectivity index (χ4v) is 0.703. The quantitative estimate of drug-likeness (QED) is 0.608. The summed E-state index contributed by atoms with van der Waals surface area (Å²) in [6.07, 6.45) is -2.46. The van der Waals surface area contributed by atoms with Gasteiger partial charge in [0.25, 0.3) is 6.43 Å². The zero-order chi connectivity index (χ0) is 8.27. The van der Waals surface area contributed by atoms with Crippen molar-refractivity contribution in [1.82, 2.24) is 0 Å². The van der Waals surface area contributed by atoms with Gasteiger partial charge in [0.2, 0.25) is 0 Å². The van der Waals surface area contributed by atoms with E-state index in [0.29, 0.717) is 5.56 Å². The van der Waals surface area contributed by atoms with Crippen molar-refractivity contribution in [3.63, 3.8) is 0 Å². The highest BCUT2D eigenvalue weighted by molar-refractivity contribution is 5.31. The van der Waals surface area contributed by atoms with Gasteiger partial charge in [0, 0.05) is 5.56 Å². The van der Waals surface area contributed by atoms with E-state index < -0.39 is 6.43 Å². The topological polar surface area (TPSA) is 23.8 Å². The summed E-state index contributed by atoms with van der Waals surface area (Å²) in [6.45, 7) is 0. The van der Waals surface area contributed by atoms with Gasteiger partial charge in [0.1, 0.15) is 0 Å². The molecule has 0 saturated heterocycles. The van der Waals surface area contributed by atoms with Crippen molar-refractivity contribution in [3.8, 4) is 6.07 Å². The second-order valence-corrected chi connectivity index (χ2v) is 2.03. The van der Waals surface area contributed by atoms with Crippen molar-refractivity contribution in [1.29, 1.82) is 5.26 Å². The standard InChI is InChI=1S/C8H5F2N/c9-8(10)7-3-1-6(5-11)2-4-7/h1-4,8H. The monoisotopic (exact) mass is 153 g/mol. The van der Waals surface area contributed by atoms with Crippen LogP contribution in [0, 0.1) is 11.3 Å². The predicted octanol–water partition coefficient (Wildman–Crippen LogP) is 2.50. The van der Waals surface area contributed by atoms with Crippen molar-refractivity contribution >= 4 is 0 Å². The smallest absolute Gasteiger partial charge is 0.205 e. The highest BCUT2D eigenvalue weighted by Crippen LogP contribution is 2.18. The molecule has 0 saturated carbocycles. The number of benzene rings is 1. The third-order valence-corrected chi connectivity index (χ3v) is 1.29. The molecule has 0 aliphatic rings. The number of alkyl halides is 2. The van der Waals surface area contributed by atoms with Crippen molar-refractivity contribution in [3.05, 3.63) is 35.4 Å². The number of halogens is 2. The average Bonchev–Trinajstić information content (AvgIpc) is 2.05. The molecule has 0 aromatic heterocycles. The van der Waals surface area contributed by atoms with E-state index in [2.05, 4.69) is 0 Å². The molecule has 3 heteroatoms. The number of rotatable bonds is 1. The summed E-state index contributed by atoms with van der Waals surface area (Å²) in [4.78, 5) is 0. The van der Waals surface area contributed by atoms with Crippen LogP contribution in [0.4, 0.5) is 8.78 Å². The molecular weight excluding hydrogens is 148 g/mol. The second kappa shape index (κ2) is 3.11. The van der Waals surface area contributed by atoms with E-state index in [1.807, 2.05) is 6.07 Å². The van der Waals surface area contributed by atoms with Gasteiger partial charge in [-0.2, -0.15) is 5.26 Å². The summed E-state index contributed by atoms with van der Waals surface area (Å²) in [7, 11) is 0. The number of nitrogens with zero attached hydrogens (tertiary/aromatic N) is 1. The van der Waals surface area contributed by atoms with Gasteiger partial charge in [-0.05, 0) is 12.1 Å². The van der Waals surface area contributed by atoms with Crippen LogP contribution in [0.1, 0.15) is 17.6 Å². The Labute approximate surface area is 62.9 Å². The molecule has 1 aromatic rings. The molecule has 1 rings (SSSR count). The van der Waals surface area contributed by atoms with Crippen LogP contribution in [0.15, 0.2) is 24.3 Å². The maximum Gasteiger partial charge on any atom is 0.263 e. The van der Waals surface area contributed by atoms with Gasteiger partial charge in [-0.1, -0.05) is 12.1 Å². The largest absolute Gasteiger partial charge is 0.263 e. The predicted molar refractivity (Wildman–Crippen MR) is 36.1 cm³/mol. The van der Waals surface area contributed by atoms with Gasteiger partial charge in [0.05, 0.1) is 11.6 Å². The molecule has 0 radical (unpaired) electrons. The van der Waals surface area contributed by atoms with Gasteiger partial charge in [-0.15, -0.1) is 0 Å². The van der Waals surface area contributed by atoms with Gasteiger partial charge in [0.15, 0.2) is 0 Å². The van der Waals surface area contributed by atoms with Crippen molar-refractivity contribution in [2.45, 2.75) is 6.43 Å². The van der Waals surface area contributed by atoms with Crippen LogP contribution in [-0.2, 0) is 0 Å². The Morgan fingerprint density at radius 2 is 1.73 bits per heavy atom. The molecule has 0 spiro atoms. The van der Waals surface area contributed by atoms with E-state index in [1.54, 1.807) is 0 Å². The van der Waals surface area contributed by atoms with E-state index in [0.717, 1.165) is 0 Å². The molecule has 0 aliphatic carbocycles. The lowest BCUT2D eigenvalue weighted by Gasteiger charge is -1.96. The third-order valence-electron chi connectivity index (χ3n) is 1.29. The van der Waals surface area contributed by atoms with Crippen LogP contribution in [0.3, 0.4) is 0 Å². The first kappa shape index (κ1) is 7.67. The fourth-order valence-electron chi connectivity index (χ4n) is 0.703. The van der Waals surface area contributed by atoms with Crippen molar-refractivity contribution in [2.24, 2.45) is 0 Å². The van der Waals surface area contributed by atoms with Gasteiger partial charge < -0.3 is 0 Å². The molecule has 0 atom stereocenters. The summed E-state index contributed by atoms with van der Waals surface area (Å²) in [5.41, 5.74) is 0.346. The van der Waals surface area contributed by atoms with Crippen LogP contribution >= 0.6 is 0 Å². The fraction of sp³-hybridized carbons (Fsp3) is 0.125. The Morgan fingerprint density at radius 1 is 1.18 bits per heavy atom. The van der Waals surface area contributed by atoms with Crippen LogP contribution in [0.25, 0.3) is 0 Å². The summed E-state index contributed by atoms with van der Waals surface area (Å²) in [5.74, 6) is 0. The molecule has 0 heterocycles. The molecule has 11 heavy (non-hydrogen) atoms. The molecule has 0 fully saturated rings. The SMILES string of the molecule is N#Cc1ccc(C(F)F)cc1. The molecule has 1 aromatic carbocycles. The normalized spacial score (nSPS) is 9.64. The lowest BCUT2D eigenvalue weighted by Crippen LogP contribution is -1.82. The highest BCUT2D eigenvalue weighted by Gasteiger charge is 2.04. The number of hydrogen-bond donors (Lipinski definition) is 0. The second-order valence-electron chi connectivity index (χ2n) is 2.03.